The molecule has 0 unspecified atom stereocenters. The Morgan fingerprint density at radius 2 is 1.95 bits per heavy atom. The number of nitrogens with zero attached hydrogens (tertiary/aromatic N) is 4. The lowest BCUT2D eigenvalue weighted by atomic mass is 9.99. The molecule has 1 aliphatic carbocycles. The highest BCUT2D eigenvalue weighted by molar-refractivity contribution is 7.70. The highest BCUT2D eigenvalue weighted by Crippen LogP contribution is 2.45. The van der Waals surface area contributed by atoms with Crippen LogP contribution in [0.2, 0.25) is 0 Å². The van der Waals surface area contributed by atoms with Crippen LogP contribution in [0.25, 0.3) is 5.57 Å². The van der Waals surface area contributed by atoms with Gasteiger partial charge in [0.05, 0.1) is 18.5 Å². The number of rotatable bonds is 7. The Hall–Kier alpha value is -3.84. The molecule has 0 atom stereocenters. The van der Waals surface area contributed by atoms with Crippen LogP contribution in [0.1, 0.15) is 36.3 Å². The van der Waals surface area contributed by atoms with Crippen LogP contribution in [-0.4, -0.2) is 56.8 Å². The number of methoxy groups -OCH3 is 1. The second kappa shape index (κ2) is 10.7. The summed E-state index contributed by atoms with van der Waals surface area (Å²) >= 11 is 0. The molecule has 204 valence electrons. The predicted octanol–water partition coefficient (Wildman–Crippen LogP) is 5.31. The maximum absolute atomic E-state index is 13.0. The van der Waals surface area contributed by atoms with E-state index in [4.69, 9.17) is 15.5 Å². The Morgan fingerprint density at radius 3 is 2.62 bits per heavy atom. The van der Waals surface area contributed by atoms with Crippen molar-refractivity contribution in [3.8, 4) is 5.75 Å². The van der Waals surface area contributed by atoms with E-state index in [0.717, 1.165) is 70.6 Å². The average molecular weight is 546 g/mol. The number of anilines is 5. The Labute approximate surface area is 230 Å². The van der Waals surface area contributed by atoms with Crippen molar-refractivity contribution in [2.75, 3.05) is 56.6 Å². The van der Waals surface area contributed by atoms with Gasteiger partial charge in [-0.05, 0) is 50.3 Å². The Kier molecular flexibility index (Phi) is 7.36. The van der Waals surface area contributed by atoms with E-state index in [-0.39, 0.29) is 0 Å². The number of aliphatic imine (C=N–C) groups is 1. The number of para-hydroxylation sites is 1. The van der Waals surface area contributed by atoms with Crippen LogP contribution >= 0.6 is 7.14 Å². The summed E-state index contributed by atoms with van der Waals surface area (Å²) in [6.07, 6.45) is 6.51. The Morgan fingerprint density at radius 1 is 1.18 bits per heavy atom. The van der Waals surface area contributed by atoms with Crippen molar-refractivity contribution in [3.63, 3.8) is 0 Å². The SMILES string of the molecule is CN=C1CCN(C)c2cc(OC)c(Nc3ncc(C4CC4)c(Nc4ccccc4P(C)(C)=O)n3)cc2C1=CN. The zero-order valence-electron chi connectivity index (χ0n) is 23.2. The molecule has 2 aromatic carbocycles. The zero-order chi connectivity index (χ0) is 27.7. The first-order chi connectivity index (χ1) is 18.7. The van der Waals surface area contributed by atoms with Crippen LogP contribution in [0.15, 0.2) is 53.8 Å². The summed E-state index contributed by atoms with van der Waals surface area (Å²) in [5.41, 5.74) is 12.5. The van der Waals surface area contributed by atoms with Gasteiger partial charge in [0.2, 0.25) is 5.95 Å². The summed E-state index contributed by atoms with van der Waals surface area (Å²) in [7, 11) is 3.00. The quantitative estimate of drug-likeness (QED) is 0.342. The number of ether oxygens (including phenoxy) is 1. The van der Waals surface area contributed by atoms with Crippen molar-refractivity contribution in [1.29, 1.82) is 0 Å². The van der Waals surface area contributed by atoms with Gasteiger partial charge in [-0.25, -0.2) is 4.98 Å². The molecule has 10 heteroatoms. The van der Waals surface area contributed by atoms with Gasteiger partial charge in [-0.1, -0.05) is 12.1 Å². The number of benzene rings is 2. The second-order valence-corrected chi connectivity index (χ2v) is 13.6. The molecule has 4 N–H and O–H groups in total. The molecule has 1 saturated carbocycles. The third kappa shape index (κ3) is 5.50. The van der Waals surface area contributed by atoms with E-state index in [1.165, 1.54) is 0 Å². The lowest BCUT2D eigenvalue weighted by Crippen LogP contribution is -2.18. The molecule has 0 amide bonds. The van der Waals surface area contributed by atoms with E-state index in [0.29, 0.717) is 23.4 Å². The van der Waals surface area contributed by atoms with Gasteiger partial charge in [-0.2, -0.15) is 4.98 Å². The molecule has 39 heavy (non-hydrogen) atoms. The molecule has 0 saturated heterocycles. The maximum atomic E-state index is 13.0. The Bertz CT molecular complexity index is 1510. The lowest BCUT2D eigenvalue weighted by Gasteiger charge is -2.22. The van der Waals surface area contributed by atoms with E-state index in [2.05, 4.69) is 32.6 Å². The van der Waals surface area contributed by atoms with E-state index >= 15 is 0 Å². The molecular weight excluding hydrogens is 509 g/mol. The molecule has 5 rings (SSSR count). The van der Waals surface area contributed by atoms with Crippen LogP contribution in [0, 0.1) is 0 Å². The topological polar surface area (TPSA) is 118 Å². The van der Waals surface area contributed by atoms with Crippen LogP contribution in [-0.2, 0) is 4.57 Å². The molecule has 1 aromatic heterocycles. The standard InChI is InChI=1S/C29H36N7O2P/c1-31-22-12-13-36(2)25-15-26(38-3)24(14-19(25)20(22)16-30)34-29-32-17-21(18-10-11-18)28(35-29)33-23-8-6-7-9-27(23)39(4,5)37/h6-9,14-18H,10-13,30H2,1-5H3,(H2,32,33,34,35). The van der Waals surface area contributed by atoms with E-state index in [1.807, 2.05) is 42.6 Å². The molecular formula is C29H36N7O2P. The summed E-state index contributed by atoms with van der Waals surface area (Å²) in [6.45, 7) is 4.38. The van der Waals surface area contributed by atoms with Crippen molar-refractivity contribution in [2.45, 2.75) is 25.2 Å². The van der Waals surface area contributed by atoms with Crippen LogP contribution < -0.4 is 31.3 Å². The zero-order valence-corrected chi connectivity index (χ0v) is 24.0. The van der Waals surface area contributed by atoms with Gasteiger partial charge in [0, 0.05) is 78.9 Å². The second-order valence-electron chi connectivity index (χ2n) is 10.4. The highest BCUT2D eigenvalue weighted by atomic mass is 31.2. The van der Waals surface area contributed by atoms with Gasteiger partial charge in [0.25, 0.3) is 0 Å². The predicted molar refractivity (Wildman–Crippen MR) is 163 cm³/mol. The molecule has 2 aliphatic rings. The fourth-order valence-electron chi connectivity index (χ4n) is 5.01. The van der Waals surface area contributed by atoms with Gasteiger partial charge >= 0.3 is 0 Å². The number of aromatic nitrogens is 2. The van der Waals surface area contributed by atoms with E-state index in [9.17, 15) is 4.57 Å². The van der Waals surface area contributed by atoms with Crippen LogP contribution in [0.3, 0.4) is 0 Å². The number of allylic oxidation sites excluding steroid dienone is 1. The lowest BCUT2D eigenvalue weighted by molar-refractivity contribution is 0.417. The van der Waals surface area contributed by atoms with Crippen molar-refractivity contribution < 1.29 is 9.30 Å². The first-order valence-corrected chi connectivity index (χ1v) is 15.7. The molecule has 0 spiro atoms. The van der Waals surface area contributed by atoms with Crippen LogP contribution in [0.5, 0.6) is 5.75 Å². The van der Waals surface area contributed by atoms with Gasteiger partial charge in [0.1, 0.15) is 18.7 Å². The smallest absolute Gasteiger partial charge is 0.229 e. The third-order valence-corrected chi connectivity index (χ3v) is 8.82. The number of hydrogen-bond donors (Lipinski definition) is 3. The highest BCUT2D eigenvalue weighted by Gasteiger charge is 2.29. The fraction of sp³-hybridized carbons (Fsp3) is 0.345. The van der Waals surface area contributed by atoms with Gasteiger partial charge in [0.15, 0.2) is 0 Å². The molecule has 1 fully saturated rings. The average Bonchev–Trinajstić information content (AvgIpc) is 3.76. The van der Waals surface area contributed by atoms with Crippen molar-refractivity contribution >= 4 is 52.6 Å². The summed E-state index contributed by atoms with van der Waals surface area (Å²) in [4.78, 5) is 16.2. The minimum atomic E-state index is -2.50. The fourth-order valence-corrected chi connectivity index (χ4v) is 6.17. The third-order valence-electron chi connectivity index (χ3n) is 7.27. The summed E-state index contributed by atoms with van der Waals surface area (Å²) in [5.74, 6) is 2.23. The normalized spacial score (nSPS) is 17.6. The molecule has 9 nitrogen and oxygen atoms in total. The Balaban J connectivity index is 1.55. The molecule has 3 aromatic rings. The number of hydrogen-bond acceptors (Lipinski definition) is 9. The molecule has 2 heterocycles. The first kappa shape index (κ1) is 26.8. The minimum absolute atomic E-state index is 0.422. The summed E-state index contributed by atoms with van der Waals surface area (Å²) < 4.78 is 18.7. The largest absolute Gasteiger partial charge is 0.494 e. The van der Waals surface area contributed by atoms with E-state index < -0.39 is 7.14 Å². The van der Waals surface area contributed by atoms with Gasteiger partial charge < -0.3 is 30.6 Å². The number of fused-ring (bicyclic) bond motifs is 1. The van der Waals surface area contributed by atoms with Crippen molar-refractivity contribution in [2.24, 2.45) is 10.7 Å². The summed E-state index contributed by atoms with van der Waals surface area (Å²) in [6, 6.07) is 11.7. The van der Waals surface area contributed by atoms with Crippen LogP contribution in [0.4, 0.5) is 28.8 Å². The number of nitrogens with one attached hydrogen (secondary N) is 2. The summed E-state index contributed by atoms with van der Waals surface area (Å²) in [5, 5.41) is 7.65. The minimum Gasteiger partial charge on any atom is -0.494 e. The monoisotopic (exact) mass is 545 g/mol. The van der Waals surface area contributed by atoms with E-state index in [1.54, 1.807) is 33.7 Å². The first-order valence-electron chi connectivity index (χ1n) is 13.1. The number of nitrogens with two attached hydrogens (primary N) is 1. The van der Waals surface area contributed by atoms with Gasteiger partial charge in [-0.15, -0.1) is 0 Å². The van der Waals surface area contributed by atoms with Gasteiger partial charge in [-0.3, -0.25) is 4.99 Å². The molecule has 1 aliphatic heterocycles. The van der Waals surface area contributed by atoms with Crippen molar-refractivity contribution in [3.05, 3.63) is 59.9 Å². The molecule has 0 radical (unpaired) electrons. The molecule has 0 bridgehead atoms. The van der Waals surface area contributed by atoms with Crippen molar-refractivity contribution in [1.82, 2.24) is 9.97 Å². The maximum Gasteiger partial charge on any atom is 0.229 e.